The second-order valence-corrected chi connectivity index (χ2v) is 4.37. The molecule has 0 saturated carbocycles. The van der Waals surface area contributed by atoms with Crippen LogP contribution >= 0.6 is 0 Å². The summed E-state index contributed by atoms with van der Waals surface area (Å²) < 4.78 is 5.29. The van der Waals surface area contributed by atoms with Gasteiger partial charge in [-0.2, -0.15) is 0 Å². The van der Waals surface area contributed by atoms with Gasteiger partial charge < -0.3 is 15.6 Å². The van der Waals surface area contributed by atoms with E-state index < -0.39 is 6.10 Å². The van der Waals surface area contributed by atoms with E-state index in [4.69, 9.17) is 10.5 Å². The number of methoxy groups -OCH3 is 1. The Morgan fingerprint density at radius 3 is 2.68 bits per heavy atom. The van der Waals surface area contributed by atoms with Gasteiger partial charge in [-0.25, -0.2) is 0 Å². The lowest BCUT2D eigenvalue weighted by molar-refractivity contribution is 0.194. The van der Waals surface area contributed by atoms with Crippen molar-refractivity contribution < 1.29 is 9.84 Å². The first-order valence-corrected chi connectivity index (χ1v) is 6.03. The molecule has 2 rings (SSSR count). The van der Waals surface area contributed by atoms with Crippen LogP contribution in [-0.2, 0) is 6.42 Å². The van der Waals surface area contributed by atoms with Crippen LogP contribution in [0.1, 0.15) is 12.6 Å². The van der Waals surface area contributed by atoms with Crippen molar-refractivity contribution >= 4 is 5.69 Å². The van der Waals surface area contributed by atoms with E-state index >= 15 is 0 Å². The molecule has 1 heterocycles. The summed E-state index contributed by atoms with van der Waals surface area (Å²) in [7, 11) is 1.57. The summed E-state index contributed by atoms with van der Waals surface area (Å²) in [5, 5.41) is 9.31. The molecular weight excluding hydrogens is 242 g/mol. The quantitative estimate of drug-likeness (QED) is 0.816. The molecule has 5 nitrogen and oxygen atoms in total. The molecule has 100 valence electrons. The smallest absolute Gasteiger partial charge is 0.151 e. The lowest BCUT2D eigenvalue weighted by Gasteiger charge is -2.10. The zero-order valence-corrected chi connectivity index (χ0v) is 11.0. The first kappa shape index (κ1) is 13.3. The molecule has 0 bridgehead atoms. The number of aliphatic hydroxyl groups is 1. The van der Waals surface area contributed by atoms with Gasteiger partial charge in [0, 0.05) is 18.2 Å². The number of aromatic nitrogens is 2. The number of rotatable bonds is 4. The maximum atomic E-state index is 9.31. The highest BCUT2D eigenvalue weighted by atomic mass is 16.5. The Labute approximate surface area is 112 Å². The van der Waals surface area contributed by atoms with Gasteiger partial charge in [-0.15, -0.1) is 0 Å². The lowest BCUT2D eigenvalue weighted by atomic mass is 10.1. The summed E-state index contributed by atoms with van der Waals surface area (Å²) in [6, 6.07) is 5.50. The largest absolute Gasteiger partial charge is 0.494 e. The van der Waals surface area contributed by atoms with Crippen molar-refractivity contribution in [3.8, 4) is 17.0 Å². The first-order chi connectivity index (χ1) is 9.11. The highest BCUT2D eigenvalue weighted by Crippen LogP contribution is 2.33. The van der Waals surface area contributed by atoms with Crippen molar-refractivity contribution in [1.82, 2.24) is 9.97 Å². The number of ether oxygens (including phenoxy) is 1. The highest BCUT2D eigenvalue weighted by molar-refractivity contribution is 5.74. The predicted octanol–water partition coefficient (Wildman–Crippen LogP) is 1.66. The molecule has 1 unspecified atom stereocenters. The molecule has 1 aromatic heterocycles. The fraction of sp³-hybridized carbons (Fsp3) is 0.286. The van der Waals surface area contributed by atoms with Crippen LogP contribution < -0.4 is 10.5 Å². The van der Waals surface area contributed by atoms with Crippen LogP contribution in [0.15, 0.2) is 30.6 Å². The van der Waals surface area contributed by atoms with E-state index in [-0.39, 0.29) is 0 Å². The molecule has 0 aliphatic carbocycles. The second-order valence-electron chi connectivity index (χ2n) is 4.37. The summed E-state index contributed by atoms with van der Waals surface area (Å²) in [5.41, 5.74) is 8.67. The molecule has 2 aromatic rings. The van der Waals surface area contributed by atoms with E-state index in [1.807, 2.05) is 12.1 Å². The van der Waals surface area contributed by atoms with Gasteiger partial charge in [-0.05, 0) is 19.1 Å². The fourth-order valence-electron chi connectivity index (χ4n) is 1.89. The molecule has 0 spiro atoms. The summed E-state index contributed by atoms with van der Waals surface area (Å²) in [5.74, 6) is 0.597. The van der Waals surface area contributed by atoms with Crippen molar-refractivity contribution in [1.29, 1.82) is 0 Å². The minimum Gasteiger partial charge on any atom is -0.494 e. The van der Waals surface area contributed by atoms with Crippen molar-refractivity contribution in [2.75, 3.05) is 12.8 Å². The predicted molar refractivity (Wildman–Crippen MR) is 73.8 cm³/mol. The SMILES string of the molecule is COc1c(N)cccc1-c1cnc(CC(C)O)cn1. The fourth-order valence-corrected chi connectivity index (χ4v) is 1.89. The van der Waals surface area contributed by atoms with Gasteiger partial charge in [0.05, 0.1) is 36.5 Å². The molecule has 1 atom stereocenters. The molecule has 0 amide bonds. The maximum absolute atomic E-state index is 9.31. The standard InChI is InChI=1S/C14H17N3O2/c1-9(18)6-10-7-17-13(8-16-10)11-4-3-5-12(15)14(11)19-2/h3-5,7-9,18H,6,15H2,1-2H3. The number of para-hydroxylation sites is 1. The highest BCUT2D eigenvalue weighted by Gasteiger charge is 2.10. The minimum absolute atomic E-state index is 0.429. The third-order valence-corrected chi connectivity index (χ3v) is 2.74. The van der Waals surface area contributed by atoms with E-state index in [2.05, 4.69) is 9.97 Å². The summed E-state index contributed by atoms with van der Waals surface area (Å²) in [6.07, 6.45) is 3.38. The van der Waals surface area contributed by atoms with Crippen molar-refractivity contribution in [2.24, 2.45) is 0 Å². The van der Waals surface area contributed by atoms with Crippen LogP contribution in [-0.4, -0.2) is 28.3 Å². The molecule has 1 aromatic carbocycles. The van der Waals surface area contributed by atoms with Gasteiger partial charge in [0.1, 0.15) is 0 Å². The monoisotopic (exact) mass is 259 g/mol. The minimum atomic E-state index is -0.429. The first-order valence-electron chi connectivity index (χ1n) is 6.03. The second kappa shape index (κ2) is 5.67. The number of aliphatic hydroxyl groups excluding tert-OH is 1. The zero-order valence-electron chi connectivity index (χ0n) is 11.0. The van der Waals surface area contributed by atoms with Gasteiger partial charge in [-0.3, -0.25) is 9.97 Å². The van der Waals surface area contributed by atoms with Crippen LogP contribution in [0.5, 0.6) is 5.75 Å². The molecule has 0 fully saturated rings. The summed E-state index contributed by atoms with van der Waals surface area (Å²) in [4.78, 5) is 8.62. The Morgan fingerprint density at radius 2 is 2.11 bits per heavy atom. The number of hydrogen-bond donors (Lipinski definition) is 2. The van der Waals surface area contributed by atoms with Crippen LogP contribution in [0.4, 0.5) is 5.69 Å². The Bertz CT molecular complexity index is 553. The molecule has 5 heteroatoms. The Morgan fingerprint density at radius 1 is 1.32 bits per heavy atom. The molecule has 0 saturated heterocycles. The Balaban J connectivity index is 2.35. The molecule has 3 N–H and O–H groups in total. The summed E-state index contributed by atoms with van der Waals surface area (Å²) >= 11 is 0. The van der Waals surface area contributed by atoms with Crippen LogP contribution in [0.25, 0.3) is 11.3 Å². The van der Waals surface area contributed by atoms with Gasteiger partial charge >= 0.3 is 0 Å². The van der Waals surface area contributed by atoms with E-state index in [0.717, 1.165) is 11.3 Å². The lowest BCUT2D eigenvalue weighted by Crippen LogP contribution is -2.06. The molecule has 0 radical (unpaired) electrons. The molecular formula is C14H17N3O2. The number of benzene rings is 1. The number of nitrogens with zero attached hydrogens (tertiary/aromatic N) is 2. The third kappa shape index (κ3) is 3.00. The van der Waals surface area contributed by atoms with E-state index in [9.17, 15) is 5.11 Å². The number of nitrogens with two attached hydrogens (primary N) is 1. The molecule has 19 heavy (non-hydrogen) atoms. The Hall–Kier alpha value is -2.14. The summed E-state index contributed by atoms with van der Waals surface area (Å²) in [6.45, 7) is 1.72. The average molecular weight is 259 g/mol. The molecule has 0 aliphatic rings. The van der Waals surface area contributed by atoms with E-state index in [1.54, 1.807) is 32.5 Å². The van der Waals surface area contributed by atoms with Gasteiger partial charge in [-0.1, -0.05) is 6.07 Å². The van der Waals surface area contributed by atoms with Crippen LogP contribution in [0, 0.1) is 0 Å². The van der Waals surface area contributed by atoms with Crippen molar-refractivity contribution in [3.63, 3.8) is 0 Å². The topological polar surface area (TPSA) is 81.3 Å². The maximum Gasteiger partial charge on any atom is 0.151 e. The van der Waals surface area contributed by atoms with Crippen molar-refractivity contribution in [3.05, 3.63) is 36.3 Å². The normalized spacial score (nSPS) is 12.2. The van der Waals surface area contributed by atoms with Crippen LogP contribution in [0.2, 0.25) is 0 Å². The van der Waals surface area contributed by atoms with Gasteiger partial charge in [0.25, 0.3) is 0 Å². The third-order valence-electron chi connectivity index (χ3n) is 2.74. The number of anilines is 1. The van der Waals surface area contributed by atoms with E-state index in [1.165, 1.54) is 0 Å². The number of nitrogen functional groups attached to an aromatic ring is 1. The van der Waals surface area contributed by atoms with Crippen molar-refractivity contribution in [2.45, 2.75) is 19.4 Å². The van der Waals surface area contributed by atoms with Gasteiger partial charge in [0.2, 0.25) is 0 Å². The Kier molecular flexibility index (Phi) is 3.97. The van der Waals surface area contributed by atoms with E-state index in [0.29, 0.717) is 23.6 Å². The van der Waals surface area contributed by atoms with Gasteiger partial charge in [0.15, 0.2) is 5.75 Å². The molecule has 0 aliphatic heterocycles. The van der Waals surface area contributed by atoms with Crippen LogP contribution in [0.3, 0.4) is 0 Å². The number of hydrogen-bond acceptors (Lipinski definition) is 5. The average Bonchev–Trinajstić information content (AvgIpc) is 2.38. The zero-order chi connectivity index (χ0) is 13.8.